The van der Waals surface area contributed by atoms with E-state index in [1.54, 1.807) is 11.4 Å². The normalized spacial score (nSPS) is 17.9. The maximum absolute atomic E-state index is 6.03. The highest BCUT2D eigenvalue weighted by atomic mass is 32.9. The number of unbranched alkanes of at least 4 members (excludes halogenated alkanes) is 3. The molecule has 0 heterocycles. The quantitative estimate of drug-likeness (QED) is 0.316. The highest BCUT2D eigenvalue weighted by Crippen LogP contribution is 2.63. The minimum atomic E-state index is -2.16. The van der Waals surface area contributed by atoms with Crippen LogP contribution in [-0.2, 0) is 20.9 Å². The molecule has 2 nitrogen and oxygen atoms in total. The second kappa shape index (κ2) is 11.6. The Hall–Kier alpha value is 0.920. The smallest absolute Gasteiger partial charge is 0.247 e. The van der Waals surface area contributed by atoms with Gasteiger partial charge in [-0.3, -0.25) is 0 Å². The van der Waals surface area contributed by atoms with Crippen molar-refractivity contribution in [2.24, 2.45) is 0 Å². The molecule has 2 unspecified atom stereocenters. The van der Waals surface area contributed by atoms with Crippen LogP contribution >= 0.6 is 17.1 Å². The molecule has 0 N–H and O–H groups in total. The number of hydrogen-bond donors (Lipinski definition) is 0. The molecular weight excluding hydrogens is 295 g/mol. The average molecular weight is 327 g/mol. The Morgan fingerprint density at radius 1 is 0.947 bits per heavy atom. The van der Waals surface area contributed by atoms with Crippen LogP contribution in [0.1, 0.15) is 73.1 Å². The molecule has 0 aromatic heterocycles. The van der Waals surface area contributed by atoms with Crippen LogP contribution in [0.4, 0.5) is 0 Å². The summed E-state index contributed by atoms with van der Waals surface area (Å²) in [4.78, 5) is 0. The van der Waals surface area contributed by atoms with Crippen LogP contribution in [0.3, 0.4) is 0 Å². The van der Waals surface area contributed by atoms with Crippen molar-refractivity contribution in [2.75, 3.05) is 5.75 Å². The van der Waals surface area contributed by atoms with Gasteiger partial charge in [0.15, 0.2) is 0 Å². The zero-order chi connectivity index (χ0) is 14.7. The summed E-state index contributed by atoms with van der Waals surface area (Å²) < 4.78 is 12.1. The van der Waals surface area contributed by atoms with Crippen LogP contribution in [-0.4, -0.2) is 18.0 Å². The lowest BCUT2D eigenvalue weighted by molar-refractivity contribution is 0.163. The van der Waals surface area contributed by atoms with Gasteiger partial charge in [0.05, 0.1) is 12.2 Å². The molecule has 5 heteroatoms. The first-order valence-electron chi connectivity index (χ1n) is 7.58. The summed E-state index contributed by atoms with van der Waals surface area (Å²) in [6.07, 6.45) is 7.43. The summed E-state index contributed by atoms with van der Waals surface area (Å²) >= 11 is 7.44. The fraction of sp³-hybridized carbons (Fsp3) is 1.00. The van der Waals surface area contributed by atoms with Crippen molar-refractivity contribution in [1.29, 1.82) is 0 Å². The van der Waals surface area contributed by atoms with E-state index in [0.717, 1.165) is 18.6 Å². The Kier molecular flexibility index (Phi) is 12.1. The van der Waals surface area contributed by atoms with Gasteiger partial charge in [0, 0.05) is 5.75 Å². The molecule has 0 saturated carbocycles. The summed E-state index contributed by atoms with van der Waals surface area (Å²) in [6, 6.07) is 0. The lowest BCUT2D eigenvalue weighted by Gasteiger charge is -2.27. The summed E-state index contributed by atoms with van der Waals surface area (Å²) in [5.41, 5.74) is -2.16. The molecule has 116 valence electrons. The van der Waals surface area contributed by atoms with E-state index in [1.807, 2.05) is 0 Å². The fourth-order valence-corrected chi connectivity index (χ4v) is 7.15. The summed E-state index contributed by atoms with van der Waals surface area (Å²) in [5, 5.41) is 0. The Labute approximate surface area is 129 Å². The second-order valence-corrected chi connectivity index (χ2v) is 11.3. The molecule has 19 heavy (non-hydrogen) atoms. The average Bonchev–Trinajstić information content (AvgIpc) is 2.38. The van der Waals surface area contributed by atoms with Crippen molar-refractivity contribution in [1.82, 2.24) is 0 Å². The molecule has 0 aliphatic heterocycles. The highest BCUT2D eigenvalue weighted by Gasteiger charge is 2.24. The Morgan fingerprint density at radius 2 is 1.47 bits per heavy atom. The predicted octanol–water partition coefficient (Wildman–Crippen LogP) is 6.15. The van der Waals surface area contributed by atoms with Crippen LogP contribution in [0, 0.1) is 0 Å². The molecule has 2 atom stereocenters. The van der Waals surface area contributed by atoms with Crippen LogP contribution in [0.5, 0.6) is 0 Å². The maximum atomic E-state index is 6.03. The maximum Gasteiger partial charge on any atom is 0.247 e. The third-order valence-corrected chi connectivity index (χ3v) is 8.52. The van der Waals surface area contributed by atoms with E-state index in [1.165, 1.54) is 25.7 Å². The van der Waals surface area contributed by atoms with Crippen molar-refractivity contribution in [3.05, 3.63) is 0 Å². The molecule has 0 aliphatic carbocycles. The van der Waals surface area contributed by atoms with Gasteiger partial charge in [-0.2, -0.15) is 0 Å². The summed E-state index contributed by atoms with van der Waals surface area (Å²) in [7, 11) is 0. The van der Waals surface area contributed by atoms with E-state index in [-0.39, 0.29) is 12.2 Å². The first-order chi connectivity index (χ1) is 8.97. The Balaban J connectivity index is 4.28. The van der Waals surface area contributed by atoms with E-state index in [4.69, 9.17) is 20.9 Å². The van der Waals surface area contributed by atoms with E-state index >= 15 is 0 Å². The van der Waals surface area contributed by atoms with E-state index in [0.29, 0.717) is 0 Å². The molecule has 0 rings (SSSR count). The van der Waals surface area contributed by atoms with E-state index < -0.39 is 5.69 Å². The standard InChI is InChI=1S/C14H31O2PS2/c1-6-9-10-11-12-19-17(18,15-13(4)7-2)16-14(5)8-3/h13-14H,6-12H2,1-5H3. The van der Waals surface area contributed by atoms with Crippen LogP contribution in [0.25, 0.3) is 0 Å². The largest absolute Gasteiger partial charge is 0.319 e. The lowest BCUT2D eigenvalue weighted by Crippen LogP contribution is -2.10. The van der Waals surface area contributed by atoms with Gasteiger partial charge in [-0.25, -0.2) is 0 Å². The first-order valence-corrected chi connectivity index (χ1v) is 11.8. The predicted molar refractivity (Wildman–Crippen MR) is 92.6 cm³/mol. The van der Waals surface area contributed by atoms with Gasteiger partial charge in [0.25, 0.3) is 0 Å². The van der Waals surface area contributed by atoms with Crippen molar-refractivity contribution in [3.8, 4) is 0 Å². The monoisotopic (exact) mass is 326 g/mol. The fourth-order valence-electron chi connectivity index (χ4n) is 1.38. The molecule has 0 radical (unpaired) electrons. The van der Waals surface area contributed by atoms with E-state index in [2.05, 4.69) is 34.6 Å². The third-order valence-electron chi connectivity index (χ3n) is 3.02. The Bertz CT molecular complexity index is 246. The molecule has 0 saturated heterocycles. The van der Waals surface area contributed by atoms with Crippen molar-refractivity contribution in [3.63, 3.8) is 0 Å². The van der Waals surface area contributed by atoms with Crippen LogP contribution < -0.4 is 0 Å². The van der Waals surface area contributed by atoms with Gasteiger partial charge in [-0.05, 0) is 44.9 Å². The minimum Gasteiger partial charge on any atom is -0.319 e. The van der Waals surface area contributed by atoms with E-state index in [9.17, 15) is 0 Å². The Morgan fingerprint density at radius 3 is 1.89 bits per heavy atom. The molecule has 0 amide bonds. The van der Waals surface area contributed by atoms with Crippen LogP contribution in [0.2, 0.25) is 0 Å². The SMILES string of the molecule is CCCCCCSP(=S)(OC(C)CC)OC(C)CC. The zero-order valence-electron chi connectivity index (χ0n) is 13.2. The molecule has 0 aromatic rings. The summed E-state index contributed by atoms with van der Waals surface area (Å²) in [6.45, 7) is 10.6. The molecule has 0 aliphatic rings. The number of hydrogen-bond acceptors (Lipinski definition) is 4. The molecule has 0 spiro atoms. The molecule has 0 bridgehead atoms. The first kappa shape index (κ1) is 19.9. The third kappa shape index (κ3) is 10.3. The van der Waals surface area contributed by atoms with Crippen LogP contribution in [0.15, 0.2) is 0 Å². The molecule has 0 aromatic carbocycles. The van der Waals surface area contributed by atoms with Gasteiger partial charge >= 0.3 is 0 Å². The molecule has 0 fully saturated rings. The topological polar surface area (TPSA) is 18.5 Å². The van der Waals surface area contributed by atoms with Crippen molar-refractivity contribution in [2.45, 2.75) is 85.4 Å². The van der Waals surface area contributed by atoms with Gasteiger partial charge in [-0.1, -0.05) is 51.4 Å². The van der Waals surface area contributed by atoms with Crippen molar-refractivity contribution >= 4 is 28.9 Å². The zero-order valence-corrected chi connectivity index (χ0v) is 15.7. The van der Waals surface area contributed by atoms with Gasteiger partial charge < -0.3 is 9.05 Å². The minimum absolute atomic E-state index is 0.193. The lowest BCUT2D eigenvalue weighted by atomic mass is 10.2. The molecular formula is C14H31O2PS2. The summed E-state index contributed by atoms with van der Waals surface area (Å²) in [5.74, 6) is 1.06. The van der Waals surface area contributed by atoms with Gasteiger partial charge in [0.1, 0.15) is 0 Å². The highest BCUT2D eigenvalue weighted by molar-refractivity contribution is 8.67. The van der Waals surface area contributed by atoms with Gasteiger partial charge in [-0.15, -0.1) is 0 Å². The van der Waals surface area contributed by atoms with Crippen molar-refractivity contribution < 1.29 is 9.05 Å². The second-order valence-electron chi connectivity index (χ2n) is 4.99. The van der Waals surface area contributed by atoms with Gasteiger partial charge in [0.2, 0.25) is 5.69 Å². The number of rotatable bonds is 12.